The fourth-order valence-electron chi connectivity index (χ4n) is 4.99. The zero-order chi connectivity index (χ0) is 27.6. The SMILES string of the molecule is N#Cc1cc(N2C(=O)c3ccc4c5c(ccc(c35)C2=O)C(=O)N(c2ccc(C#N)c(C#N)c2)C4=O)ccc1N. The molecule has 2 N–H and O–H groups in total. The van der Waals surface area contributed by atoms with Gasteiger partial charge in [0.05, 0.1) is 28.1 Å². The summed E-state index contributed by atoms with van der Waals surface area (Å²) in [6.45, 7) is 0. The van der Waals surface area contributed by atoms with Crippen molar-refractivity contribution in [2.24, 2.45) is 0 Å². The summed E-state index contributed by atoms with van der Waals surface area (Å²) in [6, 6.07) is 19.6. The van der Waals surface area contributed by atoms with Gasteiger partial charge in [0, 0.05) is 38.7 Å². The lowest BCUT2D eigenvalue weighted by Crippen LogP contribution is -2.43. The van der Waals surface area contributed by atoms with Crippen molar-refractivity contribution >= 4 is 51.5 Å². The molecule has 10 heteroatoms. The molecule has 2 aliphatic rings. The van der Waals surface area contributed by atoms with Crippen LogP contribution in [0.25, 0.3) is 10.8 Å². The van der Waals surface area contributed by atoms with Crippen LogP contribution in [0.5, 0.6) is 0 Å². The fourth-order valence-corrected chi connectivity index (χ4v) is 4.99. The van der Waals surface area contributed by atoms with Gasteiger partial charge in [-0.15, -0.1) is 0 Å². The molecule has 182 valence electrons. The summed E-state index contributed by atoms with van der Waals surface area (Å²) >= 11 is 0. The van der Waals surface area contributed by atoms with Gasteiger partial charge in [0.1, 0.15) is 18.2 Å². The quantitative estimate of drug-likeness (QED) is 0.316. The number of nitrogens with two attached hydrogens (primary N) is 1. The fraction of sp³-hybridized carbons (Fsp3) is 0. The number of amides is 4. The van der Waals surface area contributed by atoms with Gasteiger partial charge in [-0.05, 0) is 60.7 Å². The van der Waals surface area contributed by atoms with Crippen molar-refractivity contribution in [3.63, 3.8) is 0 Å². The van der Waals surface area contributed by atoms with Crippen molar-refractivity contribution < 1.29 is 19.2 Å². The summed E-state index contributed by atoms with van der Waals surface area (Å²) in [7, 11) is 0. The van der Waals surface area contributed by atoms with Gasteiger partial charge in [0.25, 0.3) is 23.6 Å². The molecule has 0 saturated carbocycles. The van der Waals surface area contributed by atoms with Crippen LogP contribution >= 0.6 is 0 Å². The first kappa shape index (κ1) is 23.1. The summed E-state index contributed by atoms with van der Waals surface area (Å²) < 4.78 is 0. The van der Waals surface area contributed by atoms with Gasteiger partial charge in [0.2, 0.25) is 0 Å². The second-order valence-electron chi connectivity index (χ2n) is 8.80. The summed E-state index contributed by atoms with van der Waals surface area (Å²) in [4.78, 5) is 56.1. The predicted molar refractivity (Wildman–Crippen MR) is 138 cm³/mol. The van der Waals surface area contributed by atoms with Crippen LogP contribution in [-0.2, 0) is 0 Å². The molecule has 6 rings (SSSR count). The lowest BCUT2D eigenvalue weighted by Gasteiger charge is -2.32. The third-order valence-corrected chi connectivity index (χ3v) is 6.81. The normalized spacial score (nSPS) is 13.8. The molecule has 2 heterocycles. The maximum absolute atomic E-state index is 13.6. The highest BCUT2D eigenvalue weighted by Crippen LogP contribution is 2.40. The number of benzene rings is 4. The molecule has 0 fully saturated rings. The number of carbonyl (C=O) groups is 4. The number of nitriles is 3. The Morgan fingerprint density at radius 3 is 1.31 bits per heavy atom. The first-order valence-electron chi connectivity index (χ1n) is 11.4. The number of imide groups is 2. The van der Waals surface area contributed by atoms with E-state index in [1.807, 2.05) is 18.2 Å². The molecule has 2 aliphatic heterocycles. The topological polar surface area (TPSA) is 172 Å². The monoisotopic (exact) mass is 508 g/mol. The van der Waals surface area contributed by atoms with Crippen molar-refractivity contribution in [2.45, 2.75) is 0 Å². The van der Waals surface area contributed by atoms with E-state index < -0.39 is 23.6 Å². The lowest BCUT2D eigenvalue weighted by atomic mass is 9.85. The summed E-state index contributed by atoms with van der Waals surface area (Å²) in [5, 5.41) is 28.3. The molecule has 10 nitrogen and oxygen atoms in total. The minimum atomic E-state index is -0.704. The molecule has 0 unspecified atom stereocenters. The van der Waals surface area contributed by atoms with Crippen LogP contribution in [0, 0.1) is 34.0 Å². The van der Waals surface area contributed by atoms with E-state index in [2.05, 4.69) is 0 Å². The molecule has 39 heavy (non-hydrogen) atoms. The van der Waals surface area contributed by atoms with Crippen LogP contribution in [0.15, 0.2) is 60.7 Å². The number of anilines is 3. The van der Waals surface area contributed by atoms with E-state index in [4.69, 9.17) is 5.73 Å². The van der Waals surface area contributed by atoms with Gasteiger partial charge in [-0.25, -0.2) is 9.80 Å². The Morgan fingerprint density at radius 1 is 0.513 bits per heavy atom. The van der Waals surface area contributed by atoms with E-state index in [0.29, 0.717) is 0 Å². The number of carbonyl (C=O) groups excluding carboxylic acids is 4. The van der Waals surface area contributed by atoms with Crippen molar-refractivity contribution in [1.29, 1.82) is 15.8 Å². The summed E-state index contributed by atoms with van der Waals surface area (Å²) in [5.41, 5.74) is 6.87. The maximum atomic E-state index is 13.6. The van der Waals surface area contributed by atoms with Crippen LogP contribution in [0.1, 0.15) is 58.1 Å². The van der Waals surface area contributed by atoms with Crippen LogP contribution in [-0.4, -0.2) is 23.6 Å². The van der Waals surface area contributed by atoms with Crippen molar-refractivity contribution in [3.8, 4) is 18.2 Å². The zero-order valence-corrected chi connectivity index (χ0v) is 19.7. The third kappa shape index (κ3) is 3.05. The van der Waals surface area contributed by atoms with E-state index in [-0.39, 0.29) is 66.8 Å². The molecular weight excluding hydrogens is 496 g/mol. The zero-order valence-electron chi connectivity index (χ0n) is 19.7. The molecule has 0 aromatic heterocycles. The first-order valence-corrected chi connectivity index (χ1v) is 11.4. The lowest BCUT2D eigenvalue weighted by molar-refractivity contribution is 0.0873. The molecule has 0 bridgehead atoms. The Hall–Kier alpha value is -6.31. The van der Waals surface area contributed by atoms with Crippen molar-refractivity contribution in [2.75, 3.05) is 15.5 Å². The number of rotatable bonds is 2. The standard InChI is InChI=1S/C29H12N6O4/c30-11-14-1-2-17(9-15(14)12-31)34-26(36)19-4-6-21-25-22(7-5-20(24(19)25)27(34)37)29(39)35(28(21)38)18-3-8-23(33)16(10-18)13-32/h1-10H,33H2. The molecule has 4 amide bonds. The van der Waals surface area contributed by atoms with Crippen molar-refractivity contribution in [3.05, 3.63) is 99.6 Å². The second kappa shape index (κ2) is 8.10. The van der Waals surface area contributed by atoms with Gasteiger partial charge in [0.15, 0.2) is 0 Å². The molecule has 0 spiro atoms. The predicted octanol–water partition coefficient (Wildman–Crippen LogP) is 3.64. The van der Waals surface area contributed by atoms with Crippen LogP contribution in [0.4, 0.5) is 17.1 Å². The highest BCUT2D eigenvalue weighted by molar-refractivity contribution is 6.42. The molecule has 0 saturated heterocycles. The Labute approximate surface area is 219 Å². The van der Waals surface area contributed by atoms with E-state index in [1.54, 1.807) is 0 Å². The Balaban J connectivity index is 1.52. The Kier molecular flexibility index (Phi) is 4.80. The molecule has 0 aliphatic carbocycles. The maximum Gasteiger partial charge on any atom is 0.265 e. The van der Waals surface area contributed by atoms with E-state index in [1.165, 1.54) is 60.7 Å². The van der Waals surface area contributed by atoms with Gasteiger partial charge in [-0.2, -0.15) is 15.8 Å². The van der Waals surface area contributed by atoms with Crippen LogP contribution < -0.4 is 15.5 Å². The average molecular weight is 508 g/mol. The smallest absolute Gasteiger partial charge is 0.265 e. The first-order chi connectivity index (χ1) is 18.8. The molecular formula is C29H12N6O4. The van der Waals surface area contributed by atoms with E-state index in [9.17, 15) is 35.0 Å². The molecule has 0 radical (unpaired) electrons. The minimum absolute atomic E-state index is 0.00477. The average Bonchev–Trinajstić information content (AvgIpc) is 2.95. The molecule has 0 atom stereocenters. The number of nitrogens with zero attached hydrogens (tertiary/aromatic N) is 5. The Bertz CT molecular complexity index is 1940. The van der Waals surface area contributed by atoms with Crippen LogP contribution in [0.3, 0.4) is 0 Å². The van der Waals surface area contributed by atoms with Gasteiger partial charge >= 0.3 is 0 Å². The number of hydrogen-bond donors (Lipinski definition) is 1. The largest absolute Gasteiger partial charge is 0.398 e. The molecule has 4 aromatic rings. The second-order valence-corrected chi connectivity index (χ2v) is 8.80. The summed E-state index contributed by atoms with van der Waals surface area (Å²) in [6.07, 6.45) is 0. The highest BCUT2D eigenvalue weighted by Gasteiger charge is 2.40. The number of hydrogen-bond acceptors (Lipinski definition) is 8. The van der Waals surface area contributed by atoms with E-state index >= 15 is 0 Å². The van der Waals surface area contributed by atoms with Gasteiger partial charge in [-0.1, -0.05) is 0 Å². The Morgan fingerprint density at radius 2 is 0.897 bits per heavy atom. The number of nitrogen functional groups attached to an aromatic ring is 1. The van der Waals surface area contributed by atoms with Crippen molar-refractivity contribution in [1.82, 2.24) is 0 Å². The van der Waals surface area contributed by atoms with Crippen LogP contribution in [0.2, 0.25) is 0 Å². The summed E-state index contributed by atoms with van der Waals surface area (Å²) in [5.74, 6) is -2.77. The van der Waals surface area contributed by atoms with E-state index in [0.717, 1.165) is 9.80 Å². The third-order valence-electron chi connectivity index (χ3n) is 6.81. The minimum Gasteiger partial charge on any atom is -0.398 e. The highest BCUT2D eigenvalue weighted by atomic mass is 16.2. The van der Waals surface area contributed by atoms with Gasteiger partial charge in [-0.3, -0.25) is 19.2 Å². The van der Waals surface area contributed by atoms with Gasteiger partial charge < -0.3 is 5.73 Å². The molecule has 4 aromatic carbocycles.